The monoisotopic (exact) mass is 1000 g/mol. The van der Waals surface area contributed by atoms with Crippen molar-refractivity contribution < 1.29 is 90.9 Å². The number of amides is 8. The maximum absolute atomic E-state index is 13.3. The van der Waals surface area contributed by atoms with Crippen LogP contribution in [0, 0.1) is 0 Å². The summed E-state index contributed by atoms with van der Waals surface area (Å²) in [4.78, 5) is 114. The lowest BCUT2D eigenvalue weighted by atomic mass is 10.1. The van der Waals surface area contributed by atoms with Crippen LogP contribution in [0.15, 0.2) is 24.3 Å². The number of rotatable bonds is 46. The number of carboxylic acids is 1. The normalized spacial score (nSPS) is 13.7. The van der Waals surface area contributed by atoms with Crippen molar-refractivity contribution in [1.82, 2.24) is 30.7 Å². The predicted octanol–water partition coefficient (Wildman–Crippen LogP) is -2.02. The molecule has 70 heavy (non-hydrogen) atoms. The van der Waals surface area contributed by atoms with Crippen LogP contribution in [-0.4, -0.2) is 238 Å². The molecule has 0 fully saturated rings. The second-order valence-electron chi connectivity index (χ2n) is 15.3. The summed E-state index contributed by atoms with van der Waals surface area (Å²) >= 11 is 0. The van der Waals surface area contributed by atoms with Crippen molar-refractivity contribution in [2.45, 2.75) is 51.0 Å². The van der Waals surface area contributed by atoms with Crippen LogP contribution in [0.4, 0.5) is 0 Å². The van der Waals surface area contributed by atoms with Gasteiger partial charge in [0.25, 0.3) is 23.6 Å². The molecular weight excluding hydrogens is 929 g/mol. The fourth-order valence-corrected chi connectivity index (χ4v) is 6.19. The van der Waals surface area contributed by atoms with E-state index in [2.05, 4.69) is 16.0 Å². The van der Waals surface area contributed by atoms with E-state index >= 15 is 0 Å². The summed E-state index contributed by atoms with van der Waals surface area (Å²) in [5, 5.41) is 16.9. The Morgan fingerprint density at radius 2 is 0.943 bits per heavy atom. The number of nitrogens with zero attached hydrogens (tertiary/aromatic N) is 3. The third kappa shape index (κ3) is 29.7. The molecule has 2 aliphatic rings. The van der Waals surface area contributed by atoms with Gasteiger partial charge in [-0.05, 0) is 25.7 Å². The van der Waals surface area contributed by atoms with Crippen molar-refractivity contribution in [1.29, 1.82) is 0 Å². The summed E-state index contributed by atoms with van der Waals surface area (Å²) in [5.41, 5.74) is 0. The van der Waals surface area contributed by atoms with Gasteiger partial charge in [-0.1, -0.05) is 0 Å². The highest BCUT2D eigenvalue weighted by Crippen LogP contribution is 2.09. The molecule has 0 radical (unpaired) electrons. The third-order valence-electron chi connectivity index (χ3n) is 9.94. The molecule has 0 bridgehead atoms. The van der Waals surface area contributed by atoms with Gasteiger partial charge in [0.05, 0.1) is 106 Å². The summed E-state index contributed by atoms with van der Waals surface area (Å²) in [6, 6.07) is -1.04. The standard InChI is InChI=1S/C45H72N6O19/c1-62-19-20-63-21-22-64-23-24-65-25-26-66-27-28-67-29-30-68-31-32-69-33-34-70-35-38(53)46-13-3-2-5-36(45(61)47-14-4-6-44(59)60)48-37(52)7-8-39(54)49(15-17-50-40(55)9-10-41(50)56)16-18-51-42(57)11-12-43(51)58/h9-12,36H,2-8,13-35H2,1H3,(H,46,53)(H,47,61)(H,48,52)(H,59,60)/t36-/m0/s1. The first-order valence-corrected chi connectivity index (χ1v) is 23.4. The largest absolute Gasteiger partial charge is 0.481 e. The molecule has 1 atom stereocenters. The highest BCUT2D eigenvalue weighted by Gasteiger charge is 2.28. The third-order valence-corrected chi connectivity index (χ3v) is 9.94. The van der Waals surface area contributed by atoms with Gasteiger partial charge in [-0.15, -0.1) is 0 Å². The van der Waals surface area contributed by atoms with Crippen LogP contribution >= 0.6 is 0 Å². The highest BCUT2D eigenvalue weighted by molar-refractivity contribution is 6.13. The van der Waals surface area contributed by atoms with Gasteiger partial charge in [0.15, 0.2) is 0 Å². The lowest BCUT2D eigenvalue weighted by Crippen LogP contribution is -2.47. The van der Waals surface area contributed by atoms with Crippen molar-refractivity contribution in [2.24, 2.45) is 0 Å². The van der Waals surface area contributed by atoms with Crippen LogP contribution < -0.4 is 16.0 Å². The minimum absolute atomic E-state index is 0.0477. The van der Waals surface area contributed by atoms with Gasteiger partial charge in [-0.25, -0.2) is 0 Å². The number of carbonyl (C=O) groups is 9. The molecule has 0 aromatic rings. The smallest absolute Gasteiger partial charge is 0.303 e. The van der Waals surface area contributed by atoms with E-state index in [1.165, 1.54) is 4.90 Å². The van der Waals surface area contributed by atoms with Gasteiger partial charge < -0.3 is 68.6 Å². The minimum Gasteiger partial charge on any atom is -0.481 e. The number of imide groups is 2. The lowest BCUT2D eigenvalue weighted by Gasteiger charge is -2.27. The molecule has 2 heterocycles. The molecule has 0 saturated carbocycles. The highest BCUT2D eigenvalue weighted by atomic mass is 16.6. The molecule has 2 rings (SSSR count). The number of aliphatic carboxylic acids is 1. The Balaban J connectivity index is 1.57. The van der Waals surface area contributed by atoms with E-state index in [-0.39, 0.29) is 97.1 Å². The van der Waals surface area contributed by atoms with E-state index in [1.54, 1.807) is 7.11 Å². The first-order valence-electron chi connectivity index (χ1n) is 23.4. The van der Waals surface area contributed by atoms with Gasteiger partial charge >= 0.3 is 5.97 Å². The van der Waals surface area contributed by atoms with Crippen molar-refractivity contribution in [3.63, 3.8) is 0 Å². The Hall–Kier alpha value is -5.25. The van der Waals surface area contributed by atoms with Crippen LogP contribution in [0.3, 0.4) is 0 Å². The van der Waals surface area contributed by atoms with Crippen molar-refractivity contribution >= 4 is 53.2 Å². The molecule has 396 valence electrons. The fraction of sp³-hybridized carbons (Fsp3) is 0.711. The van der Waals surface area contributed by atoms with Gasteiger partial charge in [-0.3, -0.25) is 53.0 Å². The van der Waals surface area contributed by atoms with Crippen LogP contribution in [0.1, 0.15) is 44.9 Å². The molecule has 0 aromatic heterocycles. The van der Waals surface area contributed by atoms with Crippen LogP contribution in [0.25, 0.3) is 0 Å². The summed E-state index contributed by atoms with van der Waals surface area (Å²) in [6.07, 6.45) is 4.67. The zero-order valence-corrected chi connectivity index (χ0v) is 40.2. The van der Waals surface area contributed by atoms with E-state index in [1.807, 2.05) is 0 Å². The molecule has 4 N–H and O–H groups in total. The first-order chi connectivity index (χ1) is 33.9. The Bertz CT molecular complexity index is 1580. The molecule has 0 aliphatic carbocycles. The molecule has 0 spiro atoms. The molecule has 0 unspecified atom stereocenters. The van der Waals surface area contributed by atoms with E-state index in [9.17, 15) is 43.2 Å². The van der Waals surface area contributed by atoms with E-state index in [4.69, 9.17) is 47.7 Å². The van der Waals surface area contributed by atoms with E-state index in [0.29, 0.717) is 105 Å². The minimum atomic E-state index is -1.04. The Morgan fingerprint density at radius 3 is 1.37 bits per heavy atom. The number of hydrogen-bond donors (Lipinski definition) is 4. The number of nitrogens with one attached hydrogen (secondary N) is 3. The topological polar surface area (TPSA) is 303 Å². The average Bonchev–Trinajstić information content (AvgIpc) is 3.84. The number of hydrogen-bond acceptors (Lipinski definition) is 18. The second kappa shape index (κ2) is 39.5. The summed E-state index contributed by atoms with van der Waals surface area (Å²) in [5.74, 6) is -5.38. The fourth-order valence-electron chi connectivity index (χ4n) is 6.19. The van der Waals surface area contributed by atoms with Crippen LogP contribution in [-0.2, 0) is 85.8 Å². The summed E-state index contributed by atoms with van der Waals surface area (Å²) < 4.78 is 48.2. The zero-order chi connectivity index (χ0) is 51.0. The number of carboxylic acid groups (broad SMARTS) is 1. The SMILES string of the molecule is COCCOCCOCCOCCOCCOCCOCCOCCOCC(=O)NCCCC[C@H](NC(=O)CCC(=O)N(CCN1C(=O)C=CC1=O)CCN1C(=O)C=CC1=O)C(=O)NCCCC(=O)O. The number of methoxy groups -OCH3 is 1. The van der Waals surface area contributed by atoms with Crippen molar-refractivity contribution in [3.8, 4) is 0 Å². The lowest BCUT2D eigenvalue weighted by molar-refractivity contribution is -0.140. The Morgan fingerprint density at radius 1 is 0.529 bits per heavy atom. The number of carbonyl (C=O) groups excluding carboxylic acids is 8. The number of ether oxygens (including phenoxy) is 9. The second-order valence-corrected chi connectivity index (χ2v) is 15.3. The molecule has 8 amide bonds. The molecule has 2 aliphatic heterocycles. The van der Waals surface area contributed by atoms with Crippen molar-refractivity contribution in [2.75, 3.05) is 159 Å². The average molecular weight is 1000 g/mol. The van der Waals surface area contributed by atoms with E-state index < -0.39 is 53.4 Å². The zero-order valence-electron chi connectivity index (χ0n) is 40.2. The molecule has 0 aromatic carbocycles. The number of unbranched alkanes of at least 4 members (excludes halogenated alkanes) is 1. The first kappa shape index (κ1) is 60.9. The quantitative estimate of drug-likeness (QED) is 0.0378. The van der Waals surface area contributed by atoms with E-state index in [0.717, 1.165) is 34.1 Å². The van der Waals surface area contributed by atoms with Gasteiger partial charge in [0.1, 0.15) is 12.6 Å². The Labute approximate surface area is 408 Å². The molecule has 0 saturated heterocycles. The van der Waals surface area contributed by atoms with Gasteiger partial charge in [0.2, 0.25) is 23.6 Å². The maximum Gasteiger partial charge on any atom is 0.303 e. The summed E-state index contributed by atoms with van der Waals surface area (Å²) in [7, 11) is 1.62. The predicted molar refractivity (Wildman–Crippen MR) is 245 cm³/mol. The Kier molecular flexibility index (Phi) is 34.3. The summed E-state index contributed by atoms with van der Waals surface area (Å²) in [6.45, 7) is 6.34. The molecule has 25 heteroatoms. The van der Waals surface area contributed by atoms with Crippen LogP contribution in [0.2, 0.25) is 0 Å². The van der Waals surface area contributed by atoms with Gasteiger partial charge in [0, 0.05) is 89.9 Å². The molecule has 25 nitrogen and oxygen atoms in total. The molecular formula is C45H72N6O19. The van der Waals surface area contributed by atoms with Crippen LogP contribution in [0.5, 0.6) is 0 Å². The van der Waals surface area contributed by atoms with Gasteiger partial charge in [-0.2, -0.15) is 0 Å². The van der Waals surface area contributed by atoms with Crippen molar-refractivity contribution in [3.05, 3.63) is 24.3 Å². The maximum atomic E-state index is 13.3.